The Labute approximate surface area is 105 Å². The summed E-state index contributed by atoms with van der Waals surface area (Å²) in [5, 5.41) is 19.1. The molecule has 2 aliphatic carbocycles. The van der Waals surface area contributed by atoms with Crippen molar-refractivity contribution >= 4 is 13.1 Å². The predicted molar refractivity (Wildman–Crippen MR) is 63.5 cm³/mol. The Kier molecular flexibility index (Phi) is 2.45. The summed E-state index contributed by atoms with van der Waals surface area (Å²) in [5.41, 5.74) is 1.14. The molecule has 0 atom stereocenters. The highest BCUT2D eigenvalue weighted by Gasteiger charge is 2.55. The minimum Gasteiger partial charge on any atom is -0.535 e. The van der Waals surface area contributed by atoms with E-state index in [9.17, 15) is 14.9 Å². The van der Waals surface area contributed by atoms with Crippen LogP contribution in [-0.2, 0) is 14.2 Å². The van der Waals surface area contributed by atoms with E-state index in [-0.39, 0.29) is 11.0 Å². The van der Waals surface area contributed by atoms with E-state index in [4.69, 9.17) is 9.39 Å². The van der Waals surface area contributed by atoms with Crippen molar-refractivity contribution in [1.29, 1.82) is 0 Å². The van der Waals surface area contributed by atoms with Gasteiger partial charge in [0.2, 0.25) is 0 Å². The van der Waals surface area contributed by atoms with Gasteiger partial charge in [-0.25, -0.2) is 4.79 Å². The van der Waals surface area contributed by atoms with Gasteiger partial charge in [0.15, 0.2) is 0 Å². The van der Waals surface area contributed by atoms with Gasteiger partial charge in [0.05, 0.1) is 7.11 Å². The van der Waals surface area contributed by atoms with E-state index >= 15 is 0 Å². The van der Waals surface area contributed by atoms with Crippen molar-refractivity contribution in [2.24, 2.45) is 5.41 Å². The topological polar surface area (TPSA) is 76.0 Å². The first-order chi connectivity index (χ1) is 8.57. The smallest absolute Gasteiger partial charge is 0.523 e. The summed E-state index contributed by atoms with van der Waals surface area (Å²) in [6.07, 6.45) is 3.98. The first-order valence-corrected chi connectivity index (χ1v) is 6.16. The number of fused-ring (bicyclic) bond motifs is 1. The fourth-order valence-electron chi connectivity index (χ4n) is 3.10. The Balaban J connectivity index is 2.11. The third-order valence-electron chi connectivity index (χ3n) is 4.16. The molecule has 18 heavy (non-hydrogen) atoms. The summed E-state index contributed by atoms with van der Waals surface area (Å²) >= 11 is 0. The molecule has 1 spiro atoms. The largest absolute Gasteiger partial charge is 0.535 e. The van der Waals surface area contributed by atoms with Gasteiger partial charge >= 0.3 is 13.1 Å². The average molecular weight is 250 g/mol. The molecule has 0 saturated heterocycles. The summed E-state index contributed by atoms with van der Waals surface area (Å²) < 4.78 is 10.5. The molecule has 96 valence electrons. The van der Waals surface area contributed by atoms with Gasteiger partial charge in [-0.05, 0) is 30.3 Å². The van der Waals surface area contributed by atoms with Crippen molar-refractivity contribution in [3.63, 3.8) is 0 Å². The molecule has 3 rings (SSSR count). The molecule has 0 aromatic carbocycles. The minimum absolute atomic E-state index is 0.00697. The van der Waals surface area contributed by atoms with Crippen LogP contribution in [0.25, 0.3) is 0 Å². The van der Waals surface area contributed by atoms with Crippen molar-refractivity contribution in [2.75, 3.05) is 7.11 Å². The van der Waals surface area contributed by atoms with Gasteiger partial charge in [-0.3, -0.25) is 0 Å². The highest BCUT2D eigenvalue weighted by molar-refractivity contribution is 6.44. The Morgan fingerprint density at radius 3 is 2.72 bits per heavy atom. The van der Waals surface area contributed by atoms with Crippen LogP contribution in [0, 0.1) is 5.41 Å². The third-order valence-corrected chi connectivity index (χ3v) is 4.16. The van der Waals surface area contributed by atoms with Crippen LogP contribution in [0.5, 0.6) is 0 Å². The van der Waals surface area contributed by atoms with Crippen molar-refractivity contribution in [1.82, 2.24) is 0 Å². The lowest BCUT2D eigenvalue weighted by atomic mass is 9.67. The van der Waals surface area contributed by atoms with E-state index in [2.05, 4.69) is 0 Å². The zero-order valence-corrected chi connectivity index (χ0v) is 10.2. The predicted octanol–water partition coefficient (Wildman–Crippen LogP) is 1.31. The van der Waals surface area contributed by atoms with E-state index in [0.29, 0.717) is 24.3 Å². The monoisotopic (exact) mass is 250 g/mol. The van der Waals surface area contributed by atoms with Gasteiger partial charge < -0.3 is 19.5 Å². The molecule has 1 saturated carbocycles. The van der Waals surface area contributed by atoms with Gasteiger partial charge in [0.1, 0.15) is 17.1 Å². The molecule has 1 aliphatic heterocycles. The van der Waals surface area contributed by atoms with Gasteiger partial charge in [-0.1, -0.05) is 0 Å². The molecule has 0 radical (unpaired) electrons. The molecule has 0 aromatic rings. The lowest BCUT2D eigenvalue weighted by molar-refractivity contribution is -0.133. The number of ether oxygens (including phenoxy) is 1. The number of allylic oxidation sites excluding steroid dienone is 2. The van der Waals surface area contributed by atoms with Crippen LogP contribution >= 0.6 is 0 Å². The van der Waals surface area contributed by atoms with Crippen LogP contribution in [0.2, 0.25) is 6.32 Å². The first kappa shape index (κ1) is 11.7. The van der Waals surface area contributed by atoms with Crippen molar-refractivity contribution < 1.29 is 24.3 Å². The standard InChI is InChI=1S/C12H15BO5/c1-17-8-3-2-7-10(9(8)11(14)15)18-13(16)6-12(7)4-5-12/h16H,2-6H2,1H3,(H,14,15). The maximum Gasteiger partial charge on any atom is 0.523 e. The number of methoxy groups -OCH3 is 1. The number of hydrogen-bond acceptors (Lipinski definition) is 4. The summed E-state index contributed by atoms with van der Waals surface area (Å²) in [6, 6.07) is 0. The summed E-state index contributed by atoms with van der Waals surface area (Å²) in [4.78, 5) is 11.4. The first-order valence-electron chi connectivity index (χ1n) is 6.16. The van der Waals surface area contributed by atoms with Crippen molar-refractivity contribution in [3.05, 3.63) is 22.7 Å². The van der Waals surface area contributed by atoms with Crippen LogP contribution < -0.4 is 0 Å². The Morgan fingerprint density at radius 2 is 2.17 bits per heavy atom. The van der Waals surface area contributed by atoms with Crippen LogP contribution in [0.4, 0.5) is 0 Å². The molecule has 0 unspecified atom stereocenters. The van der Waals surface area contributed by atoms with E-state index in [1.165, 1.54) is 7.11 Å². The number of hydrogen-bond donors (Lipinski definition) is 2. The quantitative estimate of drug-likeness (QED) is 0.722. The van der Waals surface area contributed by atoms with Crippen LogP contribution in [0.15, 0.2) is 22.7 Å². The second-order valence-corrected chi connectivity index (χ2v) is 5.17. The van der Waals surface area contributed by atoms with Crippen molar-refractivity contribution in [3.8, 4) is 0 Å². The van der Waals surface area contributed by atoms with Crippen LogP contribution in [-0.4, -0.2) is 30.3 Å². The molecule has 1 heterocycles. The van der Waals surface area contributed by atoms with Gasteiger partial charge in [-0.2, -0.15) is 0 Å². The third kappa shape index (κ3) is 1.55. The van der Waals surface area contributed by atoms with Crippen molar-refractivity contribution in [2.45, 2.75) is 32.0 Å². The molecule has 3 aliphatic rings. The second kappa shape index (κ2) is 3.78. The van der Waals surface area contributed by atoms with Gasteiger partial charge in [-0.15, -0.1) is 0 Å². The number of carbonyl (C=O) groups is 1. The second-order valence-electron chi connectivity index (χ2n) is 5.17. The molecule has 0 bridgehead atoms. The van der Waals surface area contributed by atoms with Crippen LogP contribution in [0.3, 0.4) is 0 Å². The van der Waals surface area contributed by atoms with E-state index in [1.54, 1.807) is 0 Å². The fraction of sp³-hybridized carbons (Fsp3) is 0.583. The molecule has 6 heteroatoms. The van der Waals surface area contributed by atoms with Crippen LogP contribution in [0.1, 0.15) is 25.7 Å². The van der Waals surface area contributed by atoms with E-state index in [1.807, 2.05) is 0 Å². The number of carboxylic acids is 1. The maximum atomic E-state index is 11.4. The summed E-state index contributed by atoms with van der Waals surface area (Å²) in [7, 11) is 0.562. The summed E-state index contributed by atoms with van der Waals surface area (Å²) in [6.45, 7) is 0. The average Bonchev–Trinajstić information content (AvgIpc) is 3.07. The lowest BCUT2D eigenvalue weighted by Gasteiger charge is -2.34. The van der Waals surface area contributed by atoms with Gasteiger partial charge in [0.25, 0.3) is 0 Å². The highest BCUT2D eigenvalue weighted by Crippen LogP contribution is 2.61. The number of aliphatic carboxylic acids is 1. The van der Waals surface area contributed by atoms with E-state index in [0.717, 1.165) is 24.8 Å². The Hall–Kier alpha value is -1.43. The molecule has 0 aromatic heterocycles. The lowest BCUT2D eigenvalue weighted by Crippen LogP contribution is -2.33. The summed E-state index contributed by atoms with van der Waals surface area (Å²) in [5.74, 6) is -0.267. The number of rotatable bonds is 2. The zero-order valence-electron chi connectivity index (χ0n) is 10.2. The Morgan fingerprint density at radius 1 is 1.44 bits per heavy atom. The minimum atomic E-state index is -1.05. The van der Waals surface area contributed by atoms with Gasteiger partial charge in [0, 0.05) is 12.7 Å². The SMILES string of the molecule is COC1=C(C(=O)O)C2=C(CC1)C1(CC1)CB(O)O2. The maximum absolute atomic E-state index is 11.4. The normalized spacial score (nSPS) is 24.9. The zero-order chi connectivity index (χ0) is 12.9. The molecule has 5 nitrogen and oxygen atoms in total. The molecular formula is C12H15BO5. The molecular weight excluding hydrogens is 235 g/mol. The fourth-order valence-corrected chi connectivity index (χ4v) is 3.10. The Bertz CT molecular complexity index is 475. The molecule has 2 N–H and O–H groups in total. The molecule has 1 fully saturated rings. The molecule has 0 amide bonds. The van der Waals surface area contributed by atoms with E-state index < -0.39 is 13.1 Å². The highest BCUT2D eigenvalue weighted by atomic mass is 16.5. The number of carboxylic acid groups (broad SMARTS) is 1.